The molecule has 10 heteroatoms. The van der Waals surface area contributed by atoms with Crippen molar-refractivity contribution in [3.05, 3.63) is 30.5 Å². The number of aliphatic imine (C=N–C) groups is 1. The van der Waals surface area contributed by atoms with Crippen LogP contribution in [0.3, 0.4) is 0 Å². The van der Waals surface area contributed by atoms with Crippen LogP contribution in [0.2, 0.25) is 0 Å². The molecule has 3 rings (SSSR count). The van der Waals surface area contributed by atoms with Gasteiger partial charge in [0.25, 0.3) is 0 Å². The lowest BCUT2D eigenvalue weighted by Gasteiger charge is -2.24. The average Bonchev–Trinajstić information content (AvgIpc) is 3.11. The number of nitrogens with one attached hydrogen (secondary N) is 1. The summed E-state index contributed by atoms with van der Waals surface area (Å²) in [4.78, 5) is 30.1. The molecule has 28 heavy (non-hydrogen) atoms. The number of rotatable bonds is 6. The number of imidazole rings is 1. The van der Waals surface area contributed by atoms with Crippen LogP contribution in [0.4, 0.5) is 5.95 Å². The molecule has 1 N–H and O–H groups in total. The molecule has 0 bridgehead atoms. The Bertz CT molecular complexity index is 813. The van der Waals surface area contributed by atoms with Crippen molar-refractivity contribution < 1.29 is 19.1 Å². The molecule has 1 aromatic heterocycles. The first kappa shape index (κ1) is 23.7. The summed E-state index contributed by atoms with van der Waals surface area (Å²) in [6, 6.07) is 7.45. The second-order valence-corrected chi connectivity index (χ2v) is 5.91. The summed E-state index contributed by atoms with van der Waals surface area (Å²) in [5, 5.41) is 3.32. The molecule has 0 aliphatic carbocycles. The van der Waals surface area contributed by atoms with Crippen molar-refractivity contribution in [1.29, 1.82) is 0 Å². The predicted molar refractivity (Wildman–Crippen MR) is 109 cm³/mol. The van der Waals surface area contributed by atoms with Gasteiger partial charge < -0.3 is 19.4 Å². The minimum absolute atomic E-state index is 0. The zero-order valence-electron chi connectivity index (χ0n) is 15.3. The Labute approximate surface area is 175 Å². The molecule has 0 atom stereocenters. The number of hydrogen-bond donors (Lipinski definition) is 1. The Morgan fingerprint density at radius 2 is 1.96 bits per heavy atom. The van der Waals surface area contributed by atoms with E-state index in [-0.39, 0.29) is 37.5 Å². The minimum Gasteiger partial charge on any atom is -0.482 e. The second-order valence-electron chi connectivity index (χ2n) is 5.91. The molecule has 1 aliphatic rings. The third-order valence-corrected chi connectivity index (χ3v) is 4.29. The van der Waals surface area contributed by atoms with Crippen LogP contribution in [0.5, 0.6) is 5.75 Å². The highest BCUT2D eigenvalue weighted by Gasteiger charge is 2.20. The lowest BCUT2D eigenvalue weighted by molar-refractivity contribution is -0.142. The number of carbonyl (C=O) groups is 1. The number of carbonyl (C=O) groups excluding carboxylic acids is 2. The molecule has 0 unspecified atom stereocenters. The molecular formula is C18H22Cl2N4O4. The lowest BCUT2D eigenvalue weighted by atomic mass is 10.1. The highest BCUT2D eigenvalue weighted by molar-refractivity contribution is 5.85. The molecule has 2 aromatic rings. The highest BCUT2D eigenvalue weighted by Crippen LogP contribution is 2.30. The summed E-state index contributed by atoms with van der Waals surface area (Å²) in [6.07, 6.45) is 5.41. The Balaban J connectivity index is 0.00000196. The van der Waals surface area contributed by atoms with E-state index in [2.05, 4.69) is 20.0 Å². The van der Waals surface area contributed by atoms with Crippen molar-refractivity contribution in [2.24, 2.45) is 4.99 Å². The van der Waals surface area contributed by atoms with Crippen molar-refractivity contribution in [3.63, 3.8) is 0 Å². The molecule has 1 aromatic carbocycles. The first-order chi connectivity index (χ1) is 12.7. The van der Waals surface area contributed by atoms with Crippen molar-refractivity contribution in [3.8, 4) is 17.0 Å². The van der Waals surface area contributed by atoms with Gasteiger partial charge in [0.05, 0.1) is 12.8 Å². The molecule has 2 heterocycles. The van der Waals surface area contributed by atoms with Crippen LogP contribution in [0.25, 0.3) is 11.3 Å². The van der Waals surface area contributed by atoms with E-state index in [1.807, 2.05) is 22.9 Å². The molecule has 0 spiro atoms. The largest absolute Gasteiger partial charge is 0.482 e. The van der Waals surface area contributed by atoms with Gasteiger partial charge in [0.1, 0.15) is 5.75 Å². The van der Waals surface area contributed by atoms with Crippen molar-refractivity contribution in [2.45, 2.75) is 18.9 Å². The molecule has 1 saturated heterocycles. The third-order valence-electron chi connectivity index (χ3n) is 4.29. The predicted octanol–water partition coefficient (Wildman–Crippen LogP) is 2.84. The maximum atomic E-state index is 11.1. The summed E-state index contributed by atoms with van der Waals surface area (Å²) in [5.74, 6) is 0.488. The van der Waals surface area contributed by atoms with Crippen LogP contribution in [-0.4, -0.2) is 48.4 Å². The number of methoxy groups -OCH3 is 1. The lowest BCUT2D eigenvalue weighted by Crippen LogP contribution is -2.29. The number of benzene rings is 1. The van der Waals surface area contributed by atoms with Gasteiger partial charge in [0.2, 0.25) is 12.0 Å². The highest BCUT2D eigenvalue weighted by atomic mass is 35.5. The van der Waals surface area contributed by atoms with Crippen molar-refractivity contribution in [2.75, 3.05) is 26.8 Å². The zero-order chi connectivity index (χ0) is 18.4. The Morgan fingerprint density at radius 3 is 2.57 bits per heavy atom. The third kappa shape index (κ3) is 5.81. The second kappa shape index (κ2) is 11.5. The number of isocyanates is 1. The molecule has 0 amide bonds. The fraction of sp³-hybridized carbons (Fsp3) is 0.389. The van der Waals surface area contributed by atoms with Gasteiger partial charge in [0.15, 0.2) is 6.61 Å². The number of hydrogen-bond acceptors (Lipinski definition) is 7. The van der Waals surface area contributed by atoms with E-state index in [0.717, 1.165) is 37.2 Å². The van der Waals surface area contributed by atoms with E-state index >= 15 is 0 Å². The Hall–Kier alpha value is -2.38. The Morgan fingerprint density at radius 1 is 1.29 bits per heavy atom. The normalized spacial score (nSPS) is 13.5. The molecule has 152 valence electrons. The fourth-order valence-electron chi connectivity index (χ4n) is 2.92. The van der Waals surface area contributed by atoms with Gasteiger partial charge in [-0.05, 0) is 50.2 Å². The van der Waals surface area contributed by atoms with Gasteiger partial charge in [-0.1, -0.05) is 0 Å². The molecule has 0 saturated carbocycles. The van der Waals surface area contributed by atoms with Gasteiger partial charge in [0, 0.05) is 17.8 Å². The van der Waals surface area contributed by atoms with E-state index in [4.69, 9.17) is 4.74 Å². The maximum Gasteiger partial charge on any atom is 0.343 e. The van der Waals surface area contributed by atoms with E-state index < -0.39 is 5.97 Å². The zero-order valence-corrected chi connectivity index (χ0v) is 16.9. The summed E-state index contributed by atoms with van der Waals surface area (Å²) < 4.78 is 11.8. The number of aromatic nitrogens is 2. The van der Waals surface area contributed by atoms with E-state index in [0.29, 0.717) is 11.7 Å². The number of ether oxygens (including phenoxy) is 2. The summed E-state index contributed by atoms with van der Waals surface area (Å²) in [7, 11) is 1.31. The molecule has 1 fully saturated rings. The first-order valence-electron chi connectivity index (χ1n) is 8.39. The van der Waals surface area contributed by atoms with Crippen molar-refractivity contribution in [1.82, 2.24) is 14.9 Å². The molecule has 0 radical (unpaired) electrons. The van der Waals surface area contributed by atoms with E-state index in [1.165, 1.54) is 7.11 Å². The van der Waals surface area contributed by atoms with Crippen LogP contribution in [0.15, 0.2) is 35.5 Å². The molecule has 1 aliphatic heterocycles. The van der Waals surface area contributed by atoms with Gasteiger partial charge in [-0.15, -0.1) is 29.8 Å². The van der Waals surface area contributed by atoms with Gasteiger partial charge in [-0.25, -0.2) is 14.6 Å². The topological polar surface area (TPSA) is 94.8 Å². The maximum absolute atomic E-state index is 11.1. The Kier molecular flexibility index (Phi) is 9.68. The van der Waals surface area contributed by atoms with Crippen LogP contribution in [-0.2, 0) is 14.3 Å². The number of nitrogens with zero attached hydrogens (tertiary/aromatic N) is 3. The smallest absolute Gasteiger partial charge is 0.343 e. The van der Waals surface area contributed by atoms with Gasteiger partial charge >= 0.3 is 5.97 Å². The molecule has 8 nitrogen and oxygen atoms in total. The number of esters is 1. The summed E-state index contributed by atoms with van der Waals surface area (Å²) >= 11 is 0. The SMILES string of the molecule is COC(=O)COc1ccc(-c2cn(C3CCNCC3)c(N=C=O)n2)cc1.Cl.Cl. The summed E-state index contributed by atoms with van der Waals surface area (Å²) in [5.41, 5.74) is 1.59. The van der Waals surface area contributed by atoms with Crippen LogP contribution < -0.4 is 10.1 Å². The van der Waals surface area contributed by atoms with Crippen LogP contribution >= 0.6 is 24.8 Å². The fourth-order valence-corrected chi connectivity index (χ4v) is 2.92. The van der Waals surface area contributed by atoms with Crippen LogP contribution in [0.1, 0.15) is 18.9 Å². The minimum atomic E-state index is -0.439. The quantitative estimate of drug-likeness (QED) is 0.431. The average molecular weight is 429 g/mol. The standard InChI is InChI=1S/C18H20N4O4.2ClH/c1-25-17(24)11-26-15-4-2-13(3-5-15)16-10-22(18(21-16)20-12-23)14-6-8-19-9-7-14;;/h2-5,10,14,19H,6-9,11H2,1H3;2*1H. The van der Waals surface area contributed by atoms with Crippen LogP contribution in [0, 0.1) is 0 Å². The van der Waals surface area contributed by atoms with Crippen molar-refractivity contribution >= 4 is 42.8 Å². The number of halogens is 2. The molecular weight excluding hydrogens is 407 g/mol. The summed E-state index contributed by atoms with van der Waals surface area (Å²) in [6.45, 7) is 1.71. The van der Waals surface area contributed by atoms with Gasteiger partial charge in [-0.3, -0.25) is 0 Å². The monoisotopic (exact) mass is 428 g/mol. The van der Waals surface area contributed by atoms with E-state index in [9.17, 15) is 9.59 Å². The first-order valence-corrected chi connectivity index (χ1v) is 8.39. The van der Waals surface area contributed by atoms with E-state index in [1.54, 1.807) is 18.2 Å². The number of piperidine rings is 1. The van der Waals surface area contributed by atoms with Gasteiger partial charge in [-0.2, -0.15) is 0 Å².